The van der Waals surface area contributed by atoms with E-state index in [0.29, 0.717) is 42.7 Å². The van der Waals surface area contributed by atoms with Crippen LogP contribution in [0.5, 0.6) is 11.5 Å². The standard InChI is InChI=1S/C27H33ClN4O5/c1-35-25-5-3-2-4-20(25)10-11-29-27(34)24-19-37-26(30-24)17-32-14-12-31(13-15-32)16-22(33)18-36-23-8-6-21(28)7-9-23/h2-9,19,22,33H,10-18H2,1H3,(H,29,34)/t22-/m1/s1. The maximum atomic E-state index is 12.5. The number of hydrogen-bond acceptors (Lipinski definition) is 8. The van der Waals surface area contributed by atoms with Crippen LogP contribution in [0.4, 0.5) is 0 Å². The summed E-state index contributed by atoms with van der Waals surface area (Å²) in [5, 5.41) is 13.9. The summed E-state index contributed by atoms with van der Waals surface area (Å²) in [6, 6.07) is 14.8. The van der Waals surface area contributed by atoms with Crippen LogP contribution in [0.25, 0.3) is 0 Å². The maximum Gasteiger partial charge on any atom is 0.273 e. The van der Waals surface area contributed by atoms with Crippen molar-refractivity contribution in [3.63, 3.8) is 0 Å². The number of rotatable bonds is 12. The highest BCUT2D eigenvalue weighted by molar-refractivity contribution is 6.30. The van der Waals surface area contributed by atoms with Gasteiger partial charge in [0.05, 0.1) is 13.7 Å². The van der Waals surface area contributed by atoms with Crippen molar-refractivity contribution in [2.45, 2.75) is 19.1 Å². The van der Waals surface area contributed by atoms with Gasteiger partial charge in [-0.15, -0.1) is 0 Å². The quantitative estimate of drug-likeness (QED) is 0.370. The number of aliphatic hydroxyl groups excluding tert-OH is 1. The number of β-amino-alcohol motifs (C(OH)–C–C–N with tert-alkyl or cyclic N) is 1. The number of aromatic nitrogens is 1. The highest BCUT2D eigenvalue weighted by atomic mass is 35.5. The van der Waals surface area contributed by atoms with Crippen LogP contribution in [0.3, 0.4) is 0 Å². The van der Waals surface area contributed by atoms with Crippen molar-refractivity contribution in [1.29, 1.82) is 0 Å². The average molecular weight is 529 g/mol. The minimum atomic E-state index is -0.585. The topological polar surface area (TPSA) is 100 Å². The Morgan fingerprint density at radius 3 is 2.62 bits per heavy atom. The molecule has 1 aromatic heterocycles. The molecule has 0 bridgehead atoms. The molecule has 1 aliphatic rings. The van der Waals surface area contributed by atoms with Gasteiger partial charge in [0, 0.05) is 44.3 Å². The summed E-state index contributed by atoms with van der Waals surface area (Å²) < 4.78 is 16.5. The number of ether oxygens (including phenoxy) is 2. The van der Waals surface area contributed by atoms with E-state index in [1.54, 1.807) is 31.4 Å². The van der Waals surface area contributed by atoms with Gasteiger partial charge in [0.15, 0.2) is 5.69 Å². The number of nitrogens with zero attached hydrogens (tertiary/aromatic N) is 3. The van der Waals surface area contributed by atoms with Gasteiger partial charge in [-0.1, -0.05) is 29.8 Å². The van der Waals surface area contributed by atoms with Crippen LogP contribution >= 0.6 is 11.6 Å². The first-order chi connectivity index (χ1) is 18.0. The lowest BCUT2D eigenvalue weighted by atomic mass is 10.1. The molecule has 4 rings (SSSR count). The summed E-state index contributed by atoms with van der Waals surface area (Å²) in [6.45, 7) is 5.02. The minimum absolute atomic E-state index is 0.224. The highest BCUT2D eigenvalue weighted by Crippen LogP contribution is 2.18. The third-order valence-electron chi connectivity index (χ3n) is 6.21. The Bertz CT molecular complexity index is 1130. The van der Waals surface area contributed by atoms with Crippen molar-refractivity contribution in [3.05, 3.63) is 77.0 Å². The number of carbonyl (C=O) groups excluding carboxylic acids is 1. The summed E-state index contributed by atoms with van der Waals surface area (Å²) in [5.74, 6) is 1.74. The molecular formula is C27H33ClN4O5. The SMILES string of the molecule is COc1ccccc1CCNC(=O)c1coc(CN2CCN(C[C@@H](O)COc3ccc(Cl)cc3)CC2)n1. The molecule has 0 saturated carbocycles. The van der Waals surface area contributed by atoms with Crippen molar-refractivity contribution < 1.29 is 23.8 Å². The zero-order valence-corrected chi connectivity index (χ0v) is 21.7. The molecule has 1 fully saturated rings. The van der Waals surface area contributed by atoms with Crippen LogP contribution in [0.2, 0.25) is 5.02 Å². The Balaban J connectivity index is 1.14. The fourth-order valence-corrected chi connectivity index (χ4v) is 4.32. The van der Waals surface area contributed by atoms with Crippen LogP contribution in [0.15, 0.2) is 59.2 Å². The molecule has 2 aromatic carbocycles. The summed E-state index contributed by atoms with van der Waals surface area (Å²) in [7, 11) is 1.64. The molecule has 0 radical (unpaired) electrons. The van der Waals surface area contributed by atoms with E-state index < -0.39 is 6.10 Å². The molecule has 198 valence electrons. The van der Waals surface area contributed by atoms with Crippen molar-refractivity contribution in [2.75, 3.05) is 53.0 Å². The number of benzene rings is 2. The molecule has 9 nitrogen and oxygen atoms in total. The average Bonchev–Trinajstić information content (AvgIpc) is 3.38. The molecule has 2 N–H and O–H groups in total. The van der Waals surface area contributed by atoms with Crippen LogP contribution in [-0.4, -0.2) is 84.9 Å². The van der Waals surface area contributed by atoms with Gasteiger partial charge in [0.2, 0.25) is 5.89 Å². The van der Waals surface area contributed by atoms with E-state index in [1.165, 1.54) is 6.26 Å². The zero-order valence-electron chi connectivity index (χ0n) is 20.9. The second-order valence-corrected chi connectivity index (χ2v) is 9.38. The fraction of sp³-hybridized carbons (Fsp3) is 0.407. The largest absolute Gasteiger partial charge is 0.496 e. The van der Waals surface area contributed by atoms with Crippen molar-refractivity contribution in [3.8, 4) is 11.5 Å². The smallest absolute Gasteiger partial charge is 0.273 e. The van der Waals surface area contributed by atoms with E-state index in [4.69, 9.17) is 25.5 Å². The Morgan fingerprint density at radius 2 is 1.86 bits per heavy atom. The molecular weight excluding hydrogens is 496 g/mol. The number of halogens is 1. The molecule has 0 aliphatic carbocycles. The second kappa shape index (κ2) is 13.4. The molecule has 1 amide bonds. The van der Waals surface area contributed by atoms with Gasteiger partial charge in [0.25, 0.3) is 5.91 Å². The van der Waals surface area contributed by atoms with E-state index in [9.17, 15) is 9.90 Å². The van der Waals surface area contributed by atoms with E-state index in [2.05, 4.69) is 20.1 Å². The van der Waals surface area contributed by atoms with E-state index >= 15 is 0 Å². The summed E-state index contributed by atoms with van der Waals surface area (Å²) in [5.41, 5.74) is 1.31. The first-order valence-corrected chi connectivity index (χ1v) is 12.7. The van der Waals surface area contributed by atoms with Gasteiger partial charge in [-0.05, 0) is 42.3 Å². The Morgan fingerprint density at radius 1 is 1.14 bits per heavy atom. The number of carbonyl (C=O) groups is 1. The lowest BCUT2D eigenvalue weighted by molar-refractivity contribution is 0.0430. The maximum absolute atomic E-state index is 12.5. The lowest BCUT2D eigenvalue weighted by Crippen LogP contribution is -2.48. The number of hydrogen-bond donors (Lipinski definition) is 2. The monoisotopic (exact) mass is 528 g/mol. The number of methoxy groups -OCH3 is 1. The van der Waals surface area contributed by atoms with Crippen LogP contribution in [-0.2, 0) is 13.0 Å². The molecule has 0 spiro atoms. The summed E-state index contributed by atoms with van der Waals surface area (Å²) >= 11 is 5.88. The molecule has 1 atom stereocenters. The van der Waals surface area contributed by atoms with Crippen molar-refractivity contribution in [1.82, 2.24) is 20.1 Å². The highest BCUT2D eigenvalue weighted by Gasteiger charge is 2.21. The van der Waals surface area contributed by atoms with Gasteiger partial charge in [-0.3, -0.25) is 14.6 Å². The van der Waals surface area contributed by atoms with Crippen molar-refractivity contribution in [2.24, 2.45) is 0 Å². The zero-order chi connectivity index (χ0) is 26.0. The number of amides is 1. The Hall–Kier alpha value is -3.11. The summed E-state index contributed by atoms with van der Waals surface area (Å²) in [6.07, 6.45) is 1.48. The predicted octanol–water partition coefficient (Wildman–Crippen LogP) is 2.87. The van der Waals surface area contributed by atoms with Crippen LogP contribution < -0.4 is 14.8 Å². The van der Waals surface area contributed by atoms with Gasteiger partial charge < -0.3 is 24.3 Å². The lowest BCUT2D eigenvalue weighted by Gasteiger charge is -2.34. The molecule has 0 unspecified atom stereocenters. The number of aliphatic hydroxyl groups is 1. The number of piperazine rings is 1. The Labute approximate surface area is 221 Å². The van der Waals surface area contributed by atoms with E-state index in [-0.39, 0.29) is 18.2 Å². The number of oxazole rings is 1. The molecule has 37 heavy (non-hydrogen) atoms. The van der Waals surface area contributed by atoms with Gasteiger partial charge in [-0.2, -0.15) is 0 Å². The molecule has 3 aromatic rings. The third-order valence-corrected chi connectivity index (χ3v) is 6.46. The van der Waals surface area contributed by atoms with E-state index in [1.807, 2.05) is 24.3 Å². The van der Waals surface area contributed by atoms with Crippen LogP contribution in [0, 0.1) is 0 Å². The number of para-hydroxylation sites is 1. The first kappa shape index (κ1) is 26.9. The van der Waals surface area contributed by atoms with Gasteiger partial charge in [-0.25, -0.2) is 4.98 Å². The molecule has 1 saturated heterocycles. The summed E-state index contributed by atoms with van der Waals surface area (Å²) in [4.78, 5) is 21.3. The molecule has 10 heteroatoms. The second-order valence-electron chi connectivity index (χ2n) is 8.94. The third kappa shape index (κ3) is 8.19. The van der Waals surface area contributed by atoms with E-state index in [0.717, 1.165) is 37.5 Å². The van der Waals surface area contributed by atoms with Gasteiger partial charge in [0.1, 0.15) is 30.5 Å². The Kier molecular flexibility index (Phi) is 9.78. The number of nitrogens with one attached hydrogen (secondary N) is 1. The normalized spacial score (nSPS) is 15.3. The molecule has 2 heterocycles. The van der Waals surface area contributed by atoms with Crippen LogP contribution in [0.1, 0.15) is 21.9 Å². The predicted molar refractivity (Wildman–Crippen MR) is 140 cm³/mol. The first-order valence-electron chi connectivity index (χ1n) is 12.4. The van der Waals surface area contributed by atoms with Crippen molar-refractivity contribution >= 4 is 17.5 Å². The minimum Gasteiger partial charge on any atom is -0.496 e. The van der Waals surface area contributed by atoms with Gasteiger partial charge >= 0.3 is 0 Å². The molecule has 1 aliphatic heterocycles. The fourth-order valence-electron chi connectivity index (χ4n) is 4.19.